The van der Waals surface area contributed by atoms with Gasteiger partial charge in [0, 0.05) is 30.8 Å². The molecule has 1 aliphatic heterocycles. The Morgan fingerprint density at radius 2 is 1.96 bits per heavy atom. The third kappa shape index (κ3) is 3.75. The van der Waals surface area contributed by atoms with Crippen molar-refractivity contribution in [1.29, 1.82) is 0 Å². The van der Waals surface area contributed by atoms with Crippen molar-refractivity contribution in [1.82, 2.24) is 9.55 Å². The zero-order chi connectivity index (χ0) is 18.8. The number of hydrogen-bond acceptors (Lipinski definition) is 4. The minimum atomic E-state index is -0.698. The molecule has 0 bridgehead atoms. The van der Waals surface area contributed by atoms with Gasteiger partial charge in [-0.05, 0) is 54.8 Å². The number of nitrogens with zero attached hydrogens (tertiary/aromatic N) is 3. The Morgan fingerprint density at radius 1 is 1.27 bits per heavy atom. The fraction of sp³-hybridized carbons (Fsp3) is 0.444. The van der Waals surface area contributed by atoms with Crippen LogP contribution in [0.15, 0.2) is 27.5 Å². The van der Waals surface area contributed by atoms with E-state index in [4.69, 9.17) is 4.74 Å². The molecule has 0 amide bonds. The second kappa shape index (κ2) is 7.73. The number of ether oxygens (including phenoxy) is 1. The molecule has 0 N–H and O–H groups in total. The lowest BCUT2D eigenvalue weighted by Crippen LogP contribution is -2.33. The molecule has 5 nitrogen and oxygen atoms in total. The molecule has 0 radical (unpaired) electrons. The zero-order valence-electron chi connectivity index (χ0n) is 14.6. The summed E-state index contributed by atoms with van der Waals surface area (Å²) in [5.74, 6) is -0.685. The Balaban J connectivity index is 1.95. The highest BCUT2D eigenvalue weighted by atomic mass is 79.9. The lowest BCUT2D eigenvalue weighted by molar-refractivity contribution is 0.283. The number of hydrogen-bond donors (Lipinski definition) is 0. The molecule has 0 atom stereocenters. The van der Waals surface area contributed by atoms with E-state index in [1.165, 1.54) is 6.07 Å². The highest BCUT2D eigenvalue weighted by Crippen LogP contribution is 2.27. The maximum Gasteiger partial charge on any atom is 0.273 e. The third-order valence-corrected chi connectivity index (χ3v) is 4.97. The summed E-state index contributed by atoms with van der Waals surface area (Å²) in [5, 5.41) is 0. The summed E-state index contributed by atoms with van der Waals surface area (Å²) < 4.78 is 34.2. The van der Waals surface area contributed by atoms with E-state index in [9.17, 15) is 13.6 Å². The van der Waals surface area contributed by atoms with Crippen molar-refractivity contribution >= 4 is 21.9 Å². The van der Waals surface area contributed by atoms with E-state index in [2.05, 4.69) is 25.8 Å². The summed E-state index contributed by atoms with van der Waals surface area (Å²) in [7, 11) is 0. The number of benzene rings is 1. The number of aromatic nitrogens is 2. The molecule has 1 aromatic heterocycles. The van der Waals surface area contributed by atoms with Crippen LogP contribution in [0.2, 0.25) is 0 Å². The van der Waals surface area contributed by atoms with Crippen LogP contribution in [0, 0.1) is 11.6 Å². The molecule has 2 aromatic rings. The fourth-order valence-corrected chi connectivity index (χ4v) is 3.36. The van der Waals surface area contributed by atoms with Gasteiger partial charge in [0.2, 0.25) is 11.8 Å². The average Bonchev–Trinajstić information content (AvgIpc) is 3.11. The van der Waals surface area contributed by atoms with Gasteiger partial charge in [-0.2, -0.15) is 4.98 Å². The Hall–Kier alpha value is -1.96. The molecular formula is C18H20BrF2N3O2. The molecule has 2 heterocycles. The second-order valence-corrected chi connectivity index (χ2v) is 7.31. The molecule has 0 spiro atoms. The molecule has 1 fully saturated rings. The van der Waals surface area contributed by atoms with Crippen LogP contribution in [-0.2, 0) is 6.61 Å². The zero-order valence-corrected chi connectivity index (χ0v) is 16.2. The predicted molar refractivity (Wildman–Crippen MR) is 98.7 cm³/mol. The molecule has 3 rings (SSSR count). The smallest absolute Gasteiger partial charge is 0.273 e. The molecule has 8 heteroatoms. The Kier molecular flexibility index (Phi) is 5.60. The summed E-state index contributed by atoms with van der Waals surface area (Å²) in [5.41, 5.74) is -0.0534. The first-order valence-electron chi connectivity index (χ1n) is 8.52. The van der Waals surface area contributed by atoms with E-state index in [1.54, 1.807) is 4.57 Å². The van der Waals surface area contributed by atoms with Gasteiger partial charge in [0.1, 0.15) is 22.7 Å². The van der Waals surface area contributed by atoms with Crippen molar-refractivity contribution < 1.29 is 13.5 Å². The normalized spacial score (nSPS) is 14.3. The lowest BCUT2D eigenvalue weighted by atomic mass is 10.2. The van der Waals surface area contributed by atoms with Crippen LogP contribution >= 0.6 is 15.9 Å². The van der Waals surface area contributed by atoms with Crippen molar-refractivity contribution in [2.75, 3.05) is 18.0 Å². The van der Waals surface area contributed by atoms with Crippen LogP contribution in [0.3, 0.4) is 0 Å². The summed E-state index contributed by atoms with van der Waals surface area (Å²) in [6.45, 7) is 5.34. The average molecular weight is 428 g/mol. The Morgan fingerprint density at radius 3 is 2.58 bits per heavy atom. The van der Waals surface area contributed by atoms with Gasteiger partial charge in [-0.15, -0.1) is 0 Å². The lowest BCUT2D eigenvalue weighted by Gasteiger charge is -2.24. The van der Waals surface area contributed by atoms with Crippen LogP contribution in [0.25, 0.3) is 0 Å². The molecule has 0 aliphatic carbocycles. The van der Waals surface area contributed by atoms with Gasteiger partial charge >= 0.3 is 0 Å². The molecule has 0 saturated carbocycles. The number of rotatable bonds is 5. The van der Waals surface area contributed by atoms with E-state index < -0.39 is 11.6 Å². The Bertz CT molecular complexity index is 864. The maximum absolute atomic E-state index is 13.8. The first-order chi connectivity index (χ1) is 12.4. The molecule has 26 heavy (non-hydrogen) atoms. The van der Waals surface area contributed by atoms with E-state index in [0.717, 1.165) is 38.1 Å². The summed E-state index contributed by atoms with van der Waals surface area (Å²) in [6.07, 6.45) is 2.09. The molecule has 0 unspecified atom stereocenters. The maximum atomic E-state index is 13.8. The van der Waals surface area contributed by atoms with Crippen molar-refractivity contribution in [2.45, 2.75) is 39.3 Å². The van der Waals surface area contributed by atoms with Crippen LogP contribution in [-0.4, -0.2) is 22.6 Å². The van der Waals surface area contributed by atoms with Gasteiger partial charge in [-0.1, -0.05) is 0 Å². The second-order valence-electron chi connectivity index (χ2n) is 6.52. The van der Waals surface area contributed by atoms with Crippen molar-refractivity contribution in [3.63, 3.8) is 0 Å². The minimum absolute atomic E-state index is 0.0644. The first-order valence-corrected chi connectivity index (χ1v) is 9.31. The van der Waals surface area contributed by atoms with Crippen LogP contribution in [0.5, 0.6) is 5.88 Å². The van der Waals surface area contributed by atoms with Gasteiger partial charge in [-0.25, -0.2) is 8.78 Å². The molecule has 1 saturated heterocycles. The van der Waals surface area contributed by atoms with Crippen LogP contribution < -0.4 is 15.2 Å². The van der Waals surface area contributed by atoms with Crippen molar-refractivity contribution in [2.24, 2.45) is 0 Å². The van der Waals surface area contributed by atoms with Gasteiger partial charge in [0.25, 0.3) is 5.56 Å². The quantitative estimate of drug-likeness (QED) is 0.722. The predicted octanol–water partition coefficient (Wildman–Crippen LogP) is 4.04. The van der Waals surface area contributed by atoms with E-state index >= 15 is 0 Å². The molecule has 1 aromatic carbocycles. The van der Waals surface area contributed by atoms with Crippen LogP contribution in [0.1, 0.15) is 38.3 Å². The van der Waals surface area contributed by atoms with E-state index in [1.807, 2.05) is 13.8 Å². The van der Waals surface area contributed by atoms with Gasteiger partial charge in [-0.3, -0.25) is 9.36 Å². The van der Waals surface area contributed by atoms with Gasteiger partial charge < -0.3 is 9.64 Å². The monoisotopic (exact) mass is 427 g/mol. The topological polar surface area (TPSA) is 47.4 Å². The number of halogens is 3. The highest BCUT2D eigenvalue weighted by molar-refractivity contribution is 9.10. The van der Waals surface area contributed by atoms with E-state index in [0.29, 0.717) is 5.95 Å². The molecule has 1 aliphatic rings. The number of anilines is 1. The fourth-order valence-electron chi connectivity index (χ4n) is 2.97. The summed E-state index contributed by atoms with van der Waals surface area (Å²) in [6, 6.07) is 3.21. The third-order valence-electron chi connectivity index (χ3n) is 4.30. The van der Waals surface area contributed by atoms with E-state index in [-0.39, 0.29) is 34.1 Å². The molecular weight excluding hydrogens is 408 g/mol. The van der Waals surface area contributed by atoms with Gasteiger partial charge in [0.15, 0.2) is 0 Å². The minimum Gasteiger partial charge on any atom is -0.472 e. The van der Waals surface area contributed by atoms with Crippen molar-refractivity contribution in [3.05, 3.63) is 50.2 Å². The first kappa shape index (κ1) is 18.8. The summed E-state index contributed by atoms with van der Waals surface area (Å²) >= 11 is 3.25. The SMILES string of the molecule is CC(C)n1c(N2CCCC2)nc(OCc2ccc(F)cc2F)c(Br)c1=O. The highest BCUT2D eigenvalue weighted by Gasteiger charge is 2.24. The summed E-state index contributed by atoms with van der Waals surface area (Å²) in [4.78, 5) is 19.4. The van der Waals surface area contributed by atoms with Crippen LogP contribution in [0.4, 0.5) is 14.7 Å². The largest absolute Gasteiger partial charge is 0.472 e. The molecule has 140 valence electrons. The van der Waals surface area contributed by atoms with Gasteiger partial charge in [0.05, 0.1) is 0 Å². The Labute approximate surface area is 158 Å². The van der Waals surface area contributed by atoms with Crippen molar-refractivity contribution in [3.8, 4) is 5.88 Å². The standard InChI is InChI=1S/C18H20BrF2N3O2/c1-11(2)24-17(25)15(19)16(22-18(24)23-7-3-4-8-23)26-10-12-5-6-13(20)9-14(12)21/h5-6,9,11H,3-4,7-8,10H2,1-2H3.